The number of Topliss-reactive ketones (excluding diaryl/α,β-unsaturated/α-hetero) is 1. The summed E-state index contributed by atoms with van der Waals surface area (Å²) in [4.78, 5) is 20.8. The van der Waals surface area contributed by atoms with Crippen LogP contribution in [-0.4, -0.2) is 11.7 Å². The van der Waals surface area contributed by atoms with Crippen molar-refractivity contribution in [3.8, 4) is 0 Å². The van der Waals surface area contributed by atoms with Gasteiger partial charge in [-0.1, -0.05) is 46.6 Å². The summed E-state index contributed by atoms with van der Waals surface area (Å²) in [5.74, 6) is 2.64. The Bertz CT molecular complexity index is 1330. The molecule has 10 heteroatoms. The molecule has 0 aromatic heterocycles. The fraction of sp³-hybridized carbons (Fsp3) is 0.455. The van der Waals surface area contributed by atoms with Crippen LogP contribution in [0.25, 0.3) is 0 Å². The van der Waals surface area contributed by atoms with Gasteiger partial charge in [0.25, 0.3) is 0 Å². The van der Waals surface area contributed by atoms with Gasteiger partial charge in [-0.3, -0.25) is 4.79 Å². The number of carbonyl (C=O) groups is 2. The van der Waals surface area contributed by atoms with Crippen molar-refractivity contribution in [3.05, 3.63) is 80.9 Å². The number of anilines is 2. The standard InChI is InChI=1S/C16H19NO.C14H17N.C3H6O.I3.I2.HI/c1-9(2)15-12-7-8-13(15)16-11(12)5-4-6-14(16)17-10(3)18;1-8(2)13-10-6-7-11(13)14-9(10)4-3-5-12(14)15;1-3(2)4;1-3-2;1-2;/h4-6,12-13H,7-8H2,1-3H3,(H,17,18);3-5,10-11H,6-7,15H2,1-2H3;1-2H3;;;1H/q;;;-1;;. The Kier molecular flexibility index (Phi) is 20.2. The van der Waals surface area contributed by atoms with Crippen molar-refractivity contribution in [2.45, 2.75) is 97.8 Å². The molecule has 240 valence electrons. The monoisotopic (exact) mass is 1260 g/mol. The minimum atomic E-state index is 0. The third-order valence-electron chi connectivity index (χ3n) is 8.22. The molecule has 4 bridgehead atoms. The van der Waals surface area contributed by atoms with Gasteiger partial charge in [0.1, 0.15) is 5.78 Å². The van der Waals surface area contributed by atoms with E-state index in [0.29, 0.717) is 36.9 Å². The first-order valence-electron chi connectivity index (χ1n) is 14.1. The van der Waals surface area contributed by atoms with E-state index >= 15 is 0 Å². The predicted octanol–water partition coefficient (Wildman–Crippen LogP) is 9.30. The normalized spacial score (nSPS) is 20.7. The van der Waals surface area contributed by atoms with E-state index in [1.54, 1.807) is 18.1 Å². The summed E-state index contributed by atoms with van der Waals surface area (Å²) in [6, 6.07) is 12.7. The number of nitrogen functional groups attached to an aromatic ring is 1. The van der Waals surface area contributed by atoms with E-state index < -0.39 is 0 Å². The number of ketones is 1. The number of amides is 1. The zero-order chi connectivity index (χ0) is 31.7. The summed E-state index contributed by atoms with van der Waals surface area (Å²) in [5.41, 5.74) is 20.1. The van der Waals surface area contributed by atoms with Gasteiger partial charge in [0, 0.05) is 79.2 Å². The molecule has 0 spiro atoms. The molecule has 43 heavy (non-hydrogen) atoms. The Balaban J connectivity index is 0.000000335. The van der Waals surface area contributed by atoms with Crippen LogP contribution in [0, 0.1) is 0 Å². The topological polar surface area (TPSA) is 72.2 Å². The molecular weight excluding hydrogens is 1220 g/mol. The van der Waals surface area contributed by atoms with Crippen molar-refractivity contribution in [1.29, 1.82) is 0 Å². The fourth-order valence-electron chi connectivity index (χ4n) is 7.30. The van der Waals surface area contributed by atoms with Crippen LogP contribution in [0.4, 0.5) is 11.4 Å². The number of hydrogen-bond donors (Lipinski definition) is 2. The molecule has 4 aliphatic rings. The first kappa shape index (κ1) is 42.3. The van der Waals surface area contributed by atoms with Crippen LogP contribution >= 0.6 is 98.4 Å². The molecular formula is C33H43I6N2O2-. The molecule has 4 atom stereocenters. The third kappa shape index (κ3) is 10.6. The van der Waals surface area contributed by atoms with E-state index in [2.05, 4.69) is 132 Å². The van der Waals surface area contributed by atoms with E-state index in [1.165, 1.54) is 72.9 Å². The van der Waals surface area contributed by atoms with E-state index in [-0.39, 0.29) is 35.7 Å². The van der Waals surface area contributed by atoms with Gasteiger partial charge in [-0.05, 0) is 102 Å². The summed E-state index contributed by atoms with van der Waals surface area (Å²) >= 11 is 9.54. The molecule has 2 saturated carbocycles. The molecule has 0 heterocycles. The number of carbonyl (C=O) groups excluding carboxylic acids is 2. The SMILES string of the molecule is CC(=O)Nc1cccc2c1C1CCC2C1=C(C)C.CC(C)=C1C2CCC1c1c(N)cccc12.CC(C)=O.I.II.I[I-]I. The van der Waals surface area contributed by atoms with E-state index in [0.717, 1.165) is 11.4 Å². The van der Waals surface area contributed by atoms with Gasteiger partial charge in [-0.2, -0.15) is 0 Å². The first-order chi connectivity index (χ1) is 19.9. The maximum atomic E-state index is 11.3. The Morgan fingerprint density at radius 2 is 1.09 bits per heavy atom. The summed E-state index contributed by atoms with van der Waals surface area (Å²) in [6.07, 6.45) is 5.12. The number of fused-ring (bicyclic) bond motifs is 10. The van der Waals surface area contributed by atoms with Crippen molar-refractivity contribution in [1.82, 2.24) is 0 Å². The number of nitrogens with one attached hydrogen (secondary N) is 1. The summed E-state index contributed by atoms with van der Waals surface area (Å²) < 4.78 is 0. The van der Waals surface area contributed by atoms with Gasteiger partial charge < -0.3 is 15.8 Å². The Morgan fingerprint density at radius 1 is 0.721 bits per heavy atom. The van der Waals surface area contributed by atoms with Crippen LogP contribution < -0.4 is 24.3 Å². The molecule has 4 unspecified atom stereocenters. The summed E-state index contributed by atoms with van der Waals surface area (Å²) in [5, 5.41) is 2.99. The van der Waals surface area contributed by atoms with Crippen LogP contribution in [0.3, 0.4) is 0 Å². The van der Waals surface area contributed by atoms with Crippen LogP contribution in [0.1, 0.15) is 120 Å². The van der Waals surface area contributed by atoms with Crippen molar-refractivity contribution in [2.75, 3.05) is 11.1 Å². The van der Waals surface area contributed by atoms with Crippen LogP contribution in [-0.2, 0) is 9.59 Å². The van der Waals surface area contributed by atoms with Crippen molar-refractivity contribution in [3.63, 3.8) is 0 Å². The van der Waals surface area contributed by atoms with Crippen LogP contribution in [0.15, 0.2) is 58.7 Å². The predicted molar refractivity (Wildman–Crippen MR) is 226 cm³/mol. The van der Waals surface area contributed by atoms with Gasteiger partial charge in [-0.15, -0.1) is 24.0 Å². The van der Waals surface area contributed by atoms with Crippen molar-refractivity contribution >= 4 is 122 Å². The summed E-state index contributed by atoms with van der Waals surface area (Å²) in [6.45, 7) is 13.5. The van der Waals surface area contributed by atoms with Crippen molar-refractivity contribution in [2.24, 2.45) is 0 Å². The average molecular weight is 1260 g/mol. The number of nitrogens with two attached hydrogens (primary N) is 1. The maximum absolute atomic E-state index is 11.3. The van der Waals surface area contributed by atoms with Crippen LogP contribution in [0.2, 0.25) is 0 Å². The molecule has 4 aliphatic carbocycles. The Labute approximate surface area is 329 Å². The number of hydrogen-bond acceptors (Lipinski definition) is 3. The molecule has 1 amide bonds. The van der Waals surface area contributed by atoms with Gasteiger partial charge in [0.15, 0.2) is 0 Å². The Morgan fingerprint density at radius 3 is 1.49 bits per heavy atom. The molecule has 2 fully saturated rings. The average Bonchev–Trinajstić information content (AvgIpc) is 3.69. The summed E-state index contributed by atoms with van der Waals surface area (Å²) in [7, 11) is 0. The number of halogens is 6. The molecule has 0 saturated heterocycles. The molecule has 6 rings (SSSR count). The van der Waals surface area contributed by atoms with Crippen LogP contribution in [0.5, 0.6) is 0 Å². The number of allylic oxidation sites excluding steroid dienone is 4. The van der Waals surface area contributed by atoms with Gasteiger partial charge in [-0.25, -0.2) is 0 Å². The third-order valence-corrected chi connectivity index (χ3v) is 8.22. The second kappa shape index (κ2) is 20.6. The second-order valence-electron chi connectivity index (χ2n) is 11.6. The Hall–Kier alpha value is 1.24. The molecule has 2 aromatic carbocycles. The number of rotatable bonds is 1. The minimum absolute atomic E-state index is 0. The van der Waals surface area contributed by atoms with E-state index in [4.69, 9.17) is 5.73 Å². The van der Waals surface area contributed by atoms with Crippen molar-refractivity contribution < 1.29 is 22.8 Å². The fourth-order valence-corrected chi connectivity index (χ4v) is 7.30. The van der Waals surface area contributed by atoms with Gasteiger partial charge >= 0.3 is 50.5 Å². The van der Waals surface area contributed by atoms with E-state index in [9.17, 15) is 9.59 Å². The molecule has 3 N–H and O–H groups in total. The number of benzene rings is 2. The molecule has 2 aromatic rings. The van der Waals surface area contributed by atoms with Gasteiger partial charge in [0.05, 0.1) is 0 Å². The van der Waals surface area contributed by atoms with Gasteiger partial charge in [0.2, 0.25) is 5.91 Å². The zero-order valence-corrected chi connectivity index (χ0v) is 38.9. The second-order valence-corrected chi connectivity index (χ2v) is 27.8. The zero-order valence-electron chi connectivity index (χ0n) is 25.8. The quantitative estimate of drug-likeness (QED) is 0.170. The molecule has 0 aliphatic heterocycles. The molecule has 0 radical (unpaired) electrons. The molecule has 4 nitrogen and oxygen atoms in total. The first-order valence-corrected chi connectivity index (χ1v) is 32.9. The van der Waals surface area contributed by atoms with E-state index in [1.807, 2.05) is 12.1 Å².